The van der Waals surface area contributed by atoms with Crippen LogP contribution in [0.15, 0.2) is 0 Å². The van der Waals surface area contributed by atoms with Gasteiger partial charge in [-0.15, -0.1) is 12.4 Å². The van der Waals surface area contributed by atoms with Crippen molar-refractivity contribution in [2.45, 2.75) is 63.2 Å². The summed E-state index contributed by atoms with van der Waals surface area (Å²) in [6.07, 6.45) is 10.4. The largest absolute Gasteiger partial charge is 0.374 e. The Hall–Kier alpha value is 0.170. The number of nitrogens with zero attached hydrogens (tertiary/aromatic N) is 1. The van der Waals surface area contributed by atoms with Crippen LogP contribution in [0.2, 0.25) is 0 Å². The van der Waals surface area contributed by atoms with E-state index in [0.29, 0.717) is 12.2 Å². The number of halogens is 1. The van der Waals surface area contributed by atoms with Gasteiger partial charge < -0.3 is 10.1 Å². The van der Waals surface area contributed by atoms with Crippen LogP contribution < -0.4 is 5.32 Å². The van der Waals surface area contributed by atoms with Crippen molar-refractivity contribution in [2.24, 2.45) is 0 Å². The predicted octanol–water partition coefficient (Wildman–Crippen LogP) is 2.19. The second-order valence-electron chi connectivity index (χ2n) is 5.93. The monoisotopic (exact) mass is 274 g/mol. The second-order valence-corrected chi connectivity index (χ2v) is 5.93. The van der Waals surface area contributed by atoms with Gasteiger partial charge in [-0.1, -0.05) is 0 Å². The van der Waals surface area contributed by atoms with Crippen LogP contribution in [0.5, 0.6) is 0 Å². The molecule has 0 aromatic rings. The number of ether oxygens (including phenoxy) is 1. The first-order valence-electron chi connectivity index (χ1n) is 7.52. The third-order valence-corrected chi connectivity index (χ3v) is 4.67. The Balaban J connectivity index is 0.00000120. The van der Waals surface area contributed by atoms with Crippen molar-refractivity contribution in [3.05, 3.63) is 0 Å². The van der Waals surface area contributed by atoms with E-state index in [0.717, 1.165) is 6.04 Å². The molecule has 1 saturated carbocycles. The van der Waals surface area contributed by atoms with Crippen molar-refractivity contribution in [1.82, 2.24) is 10.2 Å². The van der Waals surface area contributed by atoms with Crippen molar-refractivity contribution < 1.29 is 4.74 Å². The lowest BCUT2D eigenvalue weighted by molar-refractivity contribution is -0.0844. The van der Waals surface area contributed by atoms with Gasteiger partial charge in [0.25, 0.3) is 0 Å². The maximum atomic E-state index is 6.19. The van der Waals surface area contributed by atoms with Crippen LogP contribution in [-0.4, -0.2) is 49.3 Å². The Bertz CT molecular complexity index is 242. The molecular weight excluding hydrogens is 248 g/mol. The summed E-state index contributed by atoms with van der Waals surface area (Å²) in [4.78, 5) is 2.70. The summed E-state index contributed by atoms with van der Waals surface area (Å²) in [7, 11) is 0. The van der Waals surface area contributed by atoms with Crippen molar-refractivity contribution in [3.8, 4) is 0 Å². The lowest BCUT2D eigenvalue weighted by Crippen LogP contribution is -2.50. The molecule has 0 bridgehead atoms. The molecule has 18 heavy (non-hydrogen) atoms. The molecule has 2 aliphatic heterocycles. The normalized spacial score (nSPS) is 31.7. The highest BCUT2D eigenvalue weighted by atomic mass is 35.5. The highest BCUT2D eigenvalue weighted by Crippen LogP contribution is 2.27. The number of piperidine rings is 2. The van der Waals surface area contributed by atoms with Crippen LogP contribution in [0.25, 0.3) is 0 Å². The van der Waals surface area contributed by atoms with E-state index < -0.39 is 0 Å². The van der Waals surface area contributed by atoms with Gasteiger partial charge in [0, 0.05) is 12.6 Å². The zero-order valence-electron chi connectivity index (χ0n) is 11.3. The Morgan fingerprint density at radius 1 is 0.889 bits per heavy atom. The molecule has 3 fully saturated rings. The molecule has 2 heterocycles. The van der Waals surface area contributed by atoms with Gasteiger partial charge in [-0.25, -0.2) is 0 Å². The summed E-state index contributed by atoms with van der Waals surface area (Å²) in [6, 6.07) is 0.823. The van der Waals surface area contributed by atoms with Crippen LogP contribution >= 0.6 is 12.4 Å². The molecule has 0 amide bonds. The summed E-state index contributed by atoms with van der Waals surface area (Å²) in [5, 5.41) is 3.46. The van der Waals surface area contributed by atoms with Gasteiger partial charge in [-0.2, -0.15) is 0 Å². The second kappa shape index (κ2) is 7.09. The van der Waals surface area contributed by atoms with Gasteiger partial charge >= 0.3 is 0 Å². The molecule has 1 N–H and O–H groups in total. The van der Waals surface area contributed by atoms with E-state index in [-0.39, 0.29) is 12.4 Å². The molecule has 0 aromatic carbocycles. The molecule has 3 rings (SSSR count). The average Bonchev–Trinajstić information content (AvgIpc) is 2.35. The minimum Gasteiger partial charge on any atom is -0.374 e. The summed E-state index contributed by atoms with van der Waals surface area (Å²) >= 11 is 0. The van der Waals surface area contributed by atoms with E-state index in [1.54, 1.807) is 0 Å². The zero-order chi connectivity index (χ0) is 11.5. The summed E-state index contributed by atoms with van der Waals surface area (Å²) in [6.45, 7) is 4.90. The van der Waals surface area contributed by atoms with Gasteiger partial charge in [-0.3, -0.25) is 4.90 Å². The number of hydrogen-bond donors (Lipinski definition) is 1. The SMILES string of the molecule is C1CC(OC2CCCN(C3CCNCC3)C2)C1.Cl. The van der Waals surface area contributed by atoms with E-state index in [2.05, 4.69) is 10.2 Å². The van der Waals surface area contributed by atoms with Crippen molar-refractivity contribution in [3.63, 3.8) is 0 Å². The lowest BCUT2D eigenvalue weighted by atomic mass is 9.95. The summed E-state index contributed by atoms with van der Waals surface area (Å²) in [5.41, 5.74) is 0. The minimum absolute atomic E-state index is 0. The highest BCUT2D eigenvalue weighted by Gasteiger charge is 2.29. The molecule has 0 aromatic heterocycles. The van der Waals surface area contributed by atoms with E-state index >= 15 is 0 Å². The molecule has 1 atom stereocenters. The van der Waals surface area contributed by atoms with E-state index in [1.165, 1.54) is 71.1 Å². The van der Waals surface area contributed by atoms with Gasteiger partial charge in [0.1, 0.15) is 0 Å². The summed E-state index contributed by atoms with van der Waals surface area (Å²) in [5.74, 6) is 0. The molecule has 0 spiro atoms. The Kier molecular flexibility index (Phi) is 5.74. The number of hydrogen-bond acceptors (Lipinski definition) is 3. The molecule has 2 saturated heterocycles. The standard InChI is InChI=1S/C14H26N2O.ClH/c1-3-13(4-1)17-14-5-2-10-16(11-14)12-6-8-15-9-7-12;/h12-15H,1-11H2;1H. The van der Waals surface area contributed by atoms with Crippen LogP contribution in [-0.2, 0) is 4.74 Å². The highest BCUT2D eigenvalue weighted by molar-refractivity contribution is 5.85. The van der Waals surface area contributed by atoms with Gasteiger partial charge in [0.05, 0.1) is 12.2 Å². The van der Waals surface area contributed by atoms with Crippen LogP contribution in [0.4, 0.5) is 0 Å². The molecule has 1 aliphatic carbocycles. The van der Waals surface area contributed by atoms with Gasteiger partial charge in [0.15, 0.2) is 0 Å². The Labute approximate surface area is 117 Å². The number of rotatable bonds is 3. The van der Waals surface area contributed by atoms with Crippen LogP contribution in [0.3, 0.4) is 0 Å². The first kappa shape index (κ1) is 14.6. The third-order valence-electron chi connectivity index (χ3n) is 4.67. The molecular formula is C14H27ClN2O. The van der Waals surface area contributed by atoms with Crippen LogP contribution in [0.1, 0.15) is 44.9 Å². The smallest absolute Gasteiger partial charge is 0.0706 e. The fourth-order valence-electron chi connectivity index (χ4n) is 3.36. The van der Waals surface area contributed by atoms with Crippen molar-refractivity contribution in [1.29, 1.82) is 0 Å². The molecule has 1 unspecified atom stereocenters. The molecule has 3 aliphatic rings. The van der Waals surface area contributed by atoms with E-state index in [1.807, 2.05) is 0 Å². The predicted molar refractivity (Wildman–Crippen MR) is 76.5 cm³/mol. The molecule has 0 radical (unpaired) electrons. The lowest BCUT2D eigenvalue weighted by Gasteiger charge is -2.41. The first-order chi connectivity index (χ1) is 8.42. The number of nitrogens with one attached hydrogen (secondary N) is 1. The van der Waals surface area contributed by atoms with Gasteiger partial charge in [-0.05, 0) is 64.6 Å². The van der Waals surface area contributed by atoms with Crippen molar-refractivity contribution in [2.75, 3.05) is 26.2 Å². The fourth-order valence-corrected chi connectivity index (χ4v) is 3.36. The maximum absolute atomic E-state index is 6.19. The van der Waals surface area contributed by atoms with Crippen LogP contribution in [0, 0.1) is 0 Å². The van der Waals surface area contributed by atoms with E-state index in [9.17, 15) is 0 Å². The summed E-state index contributed by atoms with van der Waals surface area (Å²) < 4.78 is 6.19. The fraction of sp³-hybridized carbons (Fsp3) is 1.00. The zero-order valence-corrected chi connectivity index (χ0v) is 12.1. The topological polar surface area (TPSA) is 24.5 Å². The molecule has 3 nitrogen and oxygen atoms in total. The minimum atomic E-state index is 0. The molecule has 4 heteroatoms. The Morgan fingerprint density at radius 3 is 2.28 bits per heavy atom. The van der Waals surface area contributed by atoms with E-state index in [4.69, 9.17) is 4.74 Å². The van der Waals surface area contributed by atoms with Crippen molar-refractivity contribution >= 4 is 12.4 Å². The van der Waals surface area contributed by atoms with Gasteiger partial charge in [0.2, 0.25) is 0 Å². The number of likely N-dealkylation sites (tertiary alicyclic amines) is 1. The third kappa shape index (κ3) is 3.60. The average molecular weight is 275 g/mol. The molecule has 106 valence electrons. The first-order valence-corrected chi connectivity index (χ1v) is 7.52. The quantitative estimate of drug-likeness (QED) is 0.854. The Morgan fingerprint density at radius 2 is 1.61 bits per heavy atom. The maximum Gasteiger partial charge on any atom is 0.0706 e.